The maximum absolute atomic E-state index is 6.09. The minimum Gasteiger partial charge on any atom is -0.493 e. The summed E-state index contributed by atoms with van der Waals surface area (Å²) in [6.07, 6.45) is 4.90. The summed E-state index contributed by atoms with van der Waals surface area (Å²) in [5.41, 5.74) is 1.26. The van der Waals surface area contributed by atoms with Crippen molar-refractivity contribution < 1.29 is 9.47 Å². The van der Waals surface area contributed by atoms with Crippen molar-refractivity contribution in [2.24, 2.45) is 5.92 Å². The van der Waals surface area contributed by atoms with Crippen LogP contribution in [-0.4, -0.2) is 44.3 Å². The first-order valence-electron chi connectivity index (χ1n) is 9.05. The summed E-state index contributed by atoms with van der Waals surface area (Å²) in [7, 11) is 1.73. The third kappa shape index (κ3) is 3.99. The molecule has 3 heterocycles. The van der Waals surface area contributed by atoms with E-state index in [9.17, 15) is 0 Å². The molecule has 3 aliphatic rings. The minimum atomic E-state index is 0.656. The predicted octanol–water partition coefficient (Wildman–Crippen LogP) is 3.06. The molecular weight excluding hydrogens is 288 g/mol. The monoisotopic (exact) mass is 318 g/mol. The molecule has 0 unspecified atom stereocenters. The molecule has 4 rings (SSSR count). The van der Waals surface area contributed by atoms with Crippen LogP contribution in [0.1, 0.15) is 38.2 Å². The summed E-state index contributed by atoms with van der Waals surface area (Å²) >= 11 is 0. The van der Waals surface area contributed by atoms with E-state index in [1.54, 1.807) is 7.11 Å². The maximum Gasteiger partial charge on any atom is 0.165 e. The van der Waals surface area contributed by atoms with Crippen molar-refractivity contribution in [3.05, 3.63) is 23.8 Å². The van der Waals surface area contributed by atoms with Crippen molar-refractivity contribution in [1.82, 2.24) is 10.2 Å². The zero-order chi connectivity index (χ0) is 16.1. The van der Waals surface area contributed by atoms with Gasteiger partial charge in [-0.3, -0.25) is 4.90 Å². The largest absolute Gasteiger partial charge is 0.493 e. The molecular formula is C19H30N2O2. The minimum absolute atomic E-state index is 0.656. The highest BCUT2D eigenvalue weighted by atomic mass is 16.5. The van der Waals surface area contributed by atoms with Gasteiger partial charge in [0.2, 0.25) is 0 Å². The lowest BCUT2D eigenvalue weighted by atomic mass is 9.94. The van der Waals surface area contributed by atoms with Gasteiger partial charge in [0, 0.05) is 31.2 Å². The van der Waals surface area contributed by atoms with Crippen LogP contribution >= 0.6 is 0 Å². The molecule has 1 N–H and O–H groups in total. The van der Waals surface area contributed by atoms with Crippen LogP contribution in [0.15, 0.2) is 18.2 Å². The van der Waals surface area contributed by atoms with Gasteiger partial charge < -0.3 is 14.8 Å². The number of rotatable bonds is 7. The molecule has 3 aliphatic heterocycles. The Bertz CT molecular complexity index is 502. The number of ether oxygens (including phenoxy) is 2. The number of piperidine rings is 1. The Morgan fingerprint density at radius 3 is 3.00 bits per heavy atom. The topological polar surface area (TPSA) is 33.7 Å². The molecule has 128 valence electrons. The van der Waals surface area contributed by atoms with Gasteiger partial charge in [-0.2, -0.15) is 0 Å². The summed E-state index contributed by atoms with van der Waals surface area (Å²) in [5.74, 6) is 2.59. The van der Waals surface area contributed by atoms with Gasteiger partial charge >= 0.3 is 0 Å². The van der Waals surface area contributed by atoms with E-state index in [-0.39, 0.29) is 0 Å². The maximum atomic E-state index is 6.09. The van der Waals surface area contributed by atoms with E-state index in [4.69, 9.17) is 9.47 Å². The Labute approximate surface area is 140 Å². The number of hydrogen-bond acceptors (Lipinski definition) is 4. The van der Waals surface area contributed by atoms with E-state index in [0.29, 0.717) is 6.04 Å². The van der Waals surface area contributed by atoms with Gasteiger partial charge in [-0.1, -0.05) is 25.5 Å². The van der Waals surface area contributed by atoms with Gasteiger partial charge in [-0.25, -0.2) is 0 Å². The highest BCUT2D eigenvalue weighted by Crippen LogP contribution is 2.34. The SMILES string of the molecule is CCCCOc1c(CN2C[C@@H]3CC[C@H]2CNC3)cccc1OC. The summed E-state index contributed by atoms with van der Waals surface area (Å²) in [6.45, 7) is 7.40. The van der Waals surface area contributed by atoms with Gasteiger partial charge in [0.15, 0.2) is 11.5 Å². The predicted molar refractivity (Wildman–Crippen MR) is 93.2 cm³/mol. The van der Waals surface area contributed by atoms with Crippen LogP contribution < -0.4 is 14.8 Å². The van der Waals surface area contributed by atoms with Crippen molar-refractivity contribution in [2.45, 2.75) is 45.2 Å². The van der Waals surface area contributed by atoms with E-state index in [2.05, 4.69) is 29.3 Å². The van der Waals surface area contributed by atoms with Crippen LogP contribution in [0.5, 0.6) is 11.5 Å². The number of unbranched alkanes of at least 4 members (excludes halogenated alkanes) is 1. The summed E-state index contributed by atoms with van der Waals surface area (Å²) in [4.78, 5) is 2.63. The molecule has 3 saturated heterocycles. The molecule has 0 aliphatic carbocycles. The second kappa shape index (κ2) is 8.02. The second-order valence-electron chi connectivity index (χ2n) is 6.84. The quantitative estimate of drug-likeness (QED) is 0.784. The first-order valence-corrected chi connectivity index (χ1v) is 9.05. The van der Waals surface area contributed by atoms with E-state index in [1.807, 2.05) is 6.07 Å². The van der Waals surface area contributed by atoms with E-state index in [1.165, 1.54) is 31.5 Å². The first-order chi connectivity index (χ1) is 11.3. The fourth-order valence-corrected chi connectivity index (χ4v) is 3.78. The molecule has 23 heavy (non-hydrogen) atoms. The fourth-order valence-electron chi connectivity index (χ4n) is 3.78. The molecule has 4 nitrogen and oxygen atoms in total. The number of nitrogens with one attached hydrogen (secondary N) is 1. The Hall–Kier alpha value is -1.26. The van der Waals surface area contributed by atoms with Crippen LogP contribution in [-0.2, 0) is 6.54 Å². The standard InChI is InChI=1S/C19H30N2O2/c1-3-4-10-23-19-16(6-5-7-18(19)22-2)14-21-13-15-8-9-17(21)12-20-11-15/h5-7,15,17,20H,3-4,8-14H2,1-2H3/t15-,17+/m1/s1. The lowest BCUT2D eigenvalue weighted by molar-refractivity contribution is 0.124. The van der Waals surface area contributed by atoms with Gasteiger partial charge in [0.25, 0.3) is 0 Å². The second-order valence-corrected chi connectivity index (χ2v) is 6.84. The summed E-state index contributed by atoms with van der Waals surface area (Å²) < 4.78 is 11.6. The van der Waals surface area contributed by atoms with Crippen LogP contribution in [0, 0.1) is 5.92 Å². The molecule has 0 radical (unpaired) electrons. The van der Waals surface area contributed by atoms with Crippen molar-refractivity contribution >= 4 is 0 Å². The Kier molecular flexibility index (Phi) is 5.79. The van der Waals surface area contributed by atoms with Gasteiger partial charge in [-0.05, 0) is 37.8 Å². The Balaban J connectivity index is 1.75. The average molecular weight is 318 g/mol. The summed E-state index contributed by atoms with van der Waals surface area (Å²) in [6, 6.07) is 6.93. The molecule has 2 bridgehead atoms. The lowest BCUT2D eigenvalue weighted by Gasteiger charge is -2.36. The average Bonchev–Trinajstić information content (AvgIpc) is 2.91. The van der Waals surface area contributed by atoms with Crippen molar-refractivity contribution in [2.75, 3.05) is 33.4 Å². The van der Waals surface area contributed by atoms with E-state index in [0.717, 1.165) is 50.0 Å². The zero-order valence-electron chi connectivity index (χ0n) is 14.5. The molecule has 4 heteroatoms. The van der Waals surface area contributed by atoms with Crippen LogP contribution in [0.4, 0.5) is 0 Å². The van der Waals surface area contributed by atoms with Gasteiger partial charge in [0.05, 0.1) is 13.7 Å². The third-order valence-electron chi connectivity index (χ3n) is 5.13. The molecule has 0 aromatic heterocycles. The number of nitrogens with zero attached hydrogens (tertiary/aromatic N) is 1. The number of hydrogen-bond donors (Lipinski definition) is 1. The molecule has 2 atom stereocenters. The Morgan fingerprint density at radius 1 is 1.26 bits per heavy atom. The molecule has 1 aromatic rings. The van der Waals surface area contributed by atoms with Crippen molar-refractivity contribution in [3.63, 3.8) is 0 Å². The van der Waals surface area contributed by atoms with E-state index < -0.39 is 0 Å². The summed E-state index contributed by atoms with van der Waals surface area (Å²) in [5, 5.41) is 3.61. The van der Waals surface area contributed by atoms with Crippen molar-refractivity contribution in [3.8, 4) is 11.5 Å². The zero-order valence-corrected chi connectivity index (χ0v) is 14.5. The van der Waals surface area contributed by atoms with Crippen molar-refractivity contribution in [1.29, 1.82) is 0 Å². The third-order valence-corrected chi connectivity index (χ3v) is 5.13. The Morgan fingerprint density at radius 2 is 2.17 bits per heavy atom. The highest BCUT2D eigenvalue weighted by Gasteiger charge is 2.31. The lowest BCUT2D eigenvalue weighted by Crippen LogP contribution is -2.43. The number of fused-ring (bicyclic) bond motifs is 4. The molecule has 1 aromatic carbocycles. The number of methoxy groups -OCH3 is 1. The van der Waals surface area contributed by atoms with Crippen LogP contribution in [0.3, 0.4) is 0 Å². The van der Waals surface area contributed by atoms with Gasteiger partial charge in [0.1, 0.15) is 0 Å². The highest BCUT2D eigenvalue weighted by molar-refractivity contribution is 5.46. The van der Waals surface area contributed by atoms with Gasteiger partial charge in [-0.15, -0.1) is 0 Å². The normalized spacial score (nSPS) is 24.4. The molecule has 0 spiro atoms. The van der Waals surface area contributed by atoms with E-state index >= 15 is 0 Å². The first kappa shape index (κ1) is 16.6. The molecule has 3 fully saturated rings. The number of benzene rings is 1. The molecule has 0 saturated carbocycles. The smallest absolute Gasteiger partial charge is 0.165 e. The fraction of sp³-hybridized carbons (Fsp3) is 0.684. The number of para-hydroxylation sites is 1. The molecule has 0 amide bonds. The van der Waals surface area contributed by atoms with Crippen LogP contribution in [0.25, 0.3) is 0 Å². The van der Waals surface area contributed by atoms with Crippen LogP contribution in [0.2, 0.25) is 0 Å².